The molecule has 114 valence electrons. The number of aliphatic hydroxyl groups excluding tert-OH is 1. The van der Waals surface area contributed by atoms with Crippen molar-refractivity contribution in [1.29, 1.82) is 0 Å². The number of carbonyl (C=O) groups excluding carboxylic acids is 1. The van der Waals surface area contributed by atoms with Crippen LogP contribution in [-0.2, 0) is 17.6 Å². The van der Waals surface area contributed by atoms with Gasteiger partial charge in [-0.3, -0.25) is 4.79 Å². The molecule has 3 nitrogen and oxygen atoms in total. The number of hydrogen-bond donors (Lipinski definition) is 2. The van der Waals surface area contributed by atoms with E-state index in [-0.39, 0.29) is 5.91 Å². The van der Waals surface area contributed by atoms with Crippen molar-refractivity contribution in [2.45, 2.75) is 39.2 Å². The average Bonchev–Trinajstić information content (AvgIpc) is 2.53. The van der Waals surface area contributed by atoms with Crippen LogP contribution >= 0.6 is 0 Å². The molecule has 2 N–H and O–H groups in total. The van der Waals surface area contributed by atoms with E-state index in [1.54, 1.807) is 0 Å². The first-order valence-corrected chi connectivity index (χ1v) is 7.78. The minimum absolute atomic E-state index is 0.0226. The summed E-state index contributed by atoms with van der Waals surface area (Å²) in [6.07, 6.45) is 1.44. The van der Waals surface area contributed by atoms with Crippen LogP contribution in [0.5, 0.6) is 0 Å². The van der Waals surface area contributed by atoms with E-state index in [2.05, 4.69) is 18.3 Å². The predicted molar refractivity (Wildman–Crippen MR) is 88.0 cm³/mol. The predicted octanol–water partition coefficient (Wildman–Crippen LogP) is 3.52. The molecule has 22 heavy (non-hydrogen) atoms. The monoisotopic (exact) mass is 295 g/mol. The summed E-state index contributed by atoms with van der Waals surface area (Å²) in [6, 6.07) is 12.0. The zero-order chi connectivity index (χ0) is 15.7. The van der Waals surface area contributed by atoms with E-state index >= 15 is 0 Å². The molecule has 0 bridgehead atoms. The minimum atomic E-state index is -0.724. The Hall–Kier alpha value is -2.13. The second kappa shape index (κ2) is 5.93. The lowest BCUT2D eigenvalue weighted by atomic mass is 9.90. The Morgan fingerprint density at radius 3 is 2.77 bits per heavy atom. The number of fused-ring (bicyclic) bond motifs is 1. The Labute approximate surface area is 131 Å². The van der Waals surface area contributed by atoms with E-state index in [9.17, 15) is 9.90 Å². The van der Waals surface area contributed by atoms with Crippen LogP contribution in [0.3, 0.4) is 0 Å². The molecule has 3 heteroatoms. The summed E-state index contributed by atoms with van der Waals surface area (Å²) in [5, 5.41) is 13.8. The van der Waals surface area contributed by atoms with Gasteiger partial charge in [0, 0.05) is 12.0 Å². The number of aliphatic hydroxyl groups is 1. The van der Waals surface area contributed by atoms with Crippen LogP contribution in [-0.4, -0.2) is 11.0 Å². The molecule has 0 fully saturated rings. The van der Waals surface area contributed by atoms with E-state index in [0.29, 0.717) is 6.42 Å². The molecule has 0 aromatic heterocycles. The molecule has 1 heterocycles. The van der Waals surface area contributed by atoms with Crippen LogP contribution in [0.4, 0.5) is 5.69 Å². The van der Waals surface area contributed by atoms with Crippen molar-refractivity contribution in [3.05, 3.63) is 64.2 Å². The van der Waals surface area contributed by atoms with Gasteiger partial charge in [-0.25, -0.2) is 0 Å². The molecule has 1 atom stereocenters. The van der Waals surface area contributed by atoms with Crippen LogP contribution in [0.15, 0.2) is 36.4 Å². The molecule has 1 aliphatic heterocycles. The third-order valence-corrected chi connectivity index (χ3v) is 4.26. The van der Waals surface area contributed by atoms with Gasteiger partial charge < -0.3 is 10.4 Å². The van der Waals surface area contributed by atoms with Crippen molar-refractivity contribution >= 4 is 11.6 Å². The van der Waals surface area contributed by atoms with E-state index in [1.165, 1.54) is 5.56 Å². The van der Waals surface area contributed by atoms with Crippen LogP contribution in [0.1, 0.15) is 47.3 Å². The molecule has 2 aromatic carbocycles. The molecule has 1 unspecified atom stereocenters. The molecule has 0 saturated heterocycles. The fourth-order valence-electron chi connectivity index (χ4n) is 3.03. The second-order valence-corrected chi connectivity index (χ2v) is 5.94. The van der Waals surface area contributed by atoms with Gasteiger partial charge in [-0.05, 0) is 36.5 Å². The average molecular weight is 295 g/mol. The quantitative estimate of drug-likeness (QED) is 0.910. The molecule has 1 amide bonds. The Kier molecular flexibility index (Phi) is 3.99. The number of nitrogens with one attached hydrogen (secondary N) is 1. The summed E-state index contributed by atoms with van der Waals surface area (Å²) in [5.41, 5.74) is 5.88. The highest BCUT2D eigenvalue weighted by Gasteiger charge is 2.23. The Balaban J connectivity index is 2.10. The highest BCUT2D eigenvalue weighted by molar-refractivity contribution is 5.95. The second-order valence-electron chi connectivity index (χ2n) is 5.94. The zero-order valence-corrected chi connectivity index (χ0v) is 13.0. The van der Waals surface area contributed by atoms with Crippen LogP contribution < -0.4 is 5.32 Å². The summed E-state index contributed by atoms with van der Waals surface area (Å²) in [6.45, 7) is 4.11. The molecular weight excluding hydrogens is 274 g/mol. The van der Waals surface area contributed by atoms with Crippen LogP contribution in [0.2, 0.25) is 0 Å². The van der Waals surface area contributed by atoms with Gasteiger partial charge in [0.1, 0.15) is 6.10 Å². The molecule has 3 rings (SSSR count). The normalized spacial score (nSPS) is 15.1. The van der Waals surface area contributed by atoms with Crippen molar-refractivity contribution in [2.24, 2.45) is 0 Å². The summed E-state index contributed by atoms with van der Waals surface area (Å²) < 4.78 is 0. The maximum absolute atomic E-state index is 11.8. The first-order valence-electron chi connectivity index (χ1n) is 7.78. The Morgan fingerprint density at radius 1 is 1.23 bits per heavy atom. The summed E-state index contributed by atoms with van der Waals surface area (Å²) >= 11 is 0. The Bertz CT molecular complexity index is 721. The van der Waals surface area contributed by atoms with Gasteiger partial charge in [0.15, 0.2) is 0 Å². The maximum atomic E-state index is 11.8. The van der Waals surface area contributed by atoms with Gasteiger partial charge in [-0.1, -0.05) is 48.9 Å². The molecule has 0 spiro atoms. The third kappa shape index (κ3) is 2.77. The number of rotatable bonds is 3. The van der Waals surface area contributed by atoms with E-state index < -0.39 is 6.10 Å². The van der Waals surface area contributed by atoms with Crippen molar-refractivity contribution in [3.8, 4) is 0 Å². The van der Waals surface area contributed by atoms with Gasteiger partial charge in [-0.15, -0.1) is 0 Å². The number of aryl methyl sites for hydroxylation is 3. The van der Waals surface area contributed by atoms with Crippen molar-refractivity contribution in [3.63, 3.8) is 0 Å². The molecule has 0 aliphatic carbocycles. The van der Waals surface area contributed by atoms with Gasteiger partial charge in [0.05, 0.1) is 5.69 Å². The van der Waals surface area contributed by atoms with Crippen molar-refractivity contribution in [2.75, 3.05) is 5.32 Å². The fourth-order valence-corrected chi connectivity index (χ4v) is 3.03. The Morgan fingerprint density at radius 2 is 2.05 bits per heavy atom. The number of carbonyl (C=O) groups is 1. The third-order valence-electron chi connectivity index (χ3n) is 4.26. The lowest BCUT2D eigenvalue weighted by Crippen LogP contribution is -2.21. The van der Waals surface area contributed by atoms with Crippen LogP contribution in [0.25, 0.3) is 0 Å². The molecule has 2 aromatic rings. The summed E-state index contributed by atoms with van der Waals surface area (Å²) in [4.78, 5) is 11.8. The van der Waals surface area contributed by atoms with E-state index in [1.807, 2.05) is 37.3 Å². The highest BCUT2D eigenvalue weighted by atomic mass is 16.3. The fraction of sp³-hybridized carbons (Fsp3) is 0.316. The van der Waals surface area contributed by atoms with Gasteiger partial charge >= 0.3 is 0 Å². The number of benzene rings is 2. The lowest BCUT2D eigenvalue weighted by molar-refractivity contribution is -0.116. The smallest absolute Gasteiger partial charge is 0.224 e. The standard InChI is InChI=1S/C19H21NO2/c1-3-13-10-14-7-8-17(21)20-18(14)16(11-13)19(22)15-6-4-5-12(2)9-15/h4-6,9-11,19,22H,3,7-8H2,1-2H3,(H,20,21). The van der Waals surface area contributed by atoms with E-state index in [4.69, 9.17) is 0 Å². The van der Waals surface area contributed by atoms with E-state index in [0.717, 1.165) is 40.8 Å². The summed E-state index contributed by atoms with van der Waals surface area (Å²) in [5.74, 6) is 0.0226. The first kappa shape index (κ1) is 14.8. The zero-order valence-electron chi connectivity index (χ0n) is 13.0. The molecular formula is C19H21NO2. The highest BCUT2D eigenvalue weighted by Crippen LogP contribution is 2.35. The van der Waals surface area contributed by atoms with Crippen LogP contribution in [0, 0.1) is 6.92 Å². The largest absolute Gasteiger partial charge is 0.384 e. The topological polar surface area (TPSA) is 49.3 Å². The van der Waals surface area contributed by atoms with Crippen molar-refractivity contribution < 1.29 is 9.90 Å². The van der Waals surface area contributed by atoms with Crippen molar-refractivity contribution in [1.82, 2.24) is 0 Å². The lowest BCUT2D eigenvalue weighted by Gasteiger charge is -2.24. The summed E-state index contributed by atoms with van der Waals surface area (Å²) in [7, 11) is 0. The van der Waals surface area contributed by atoms with Gasteiger partial charge in [0.25, 0.3) is 0 Å². The maximum Gasteiger partial charge on any atom is 0.224 e. The minimum Gasteiger partial charge on any atom is -0.384 e. The molecule has 0 radical (unpaired) electrons. The van der Waals surface area contributed by atoms with Gasteiger partial charge in [-0.2, -0.15) is 0 Å². The molecule has 0 saturated carbocycles. The molecule has 1 aliphatic rings. The van der Waals surface area contributed by atoms with Gasteiger partial charge in [0.2, 0.25) is 5.91 Å². The number of anilines is 1. The number of hydrogen-bond acceptors (Lipinski definition) is 2. The SMILES string of the molecule is CCc1cc2c(c(C(O)c3cccc(C)c3)c1)NC(=O)CC2. The first-order chi connectivity index (χ1) is 10.6. The number of amides is 1.